The van der Waals surface area contributed by atoms with E-state index >= 15 is 0 Å². The zero-order valence-corrected chi connectivity index (χ0v) is 11.4. The first-order valence-electron chi connectivity index (χ1n) is 5.66. The number of benzene rings is 1. The first kappa shape index (κ1) is 14.3. The van der Waals surface area contributed by atoms with Crippen molar-refractivity contribution in [3.63, 3.8) is 0 Å². The maximum atomic E-state index is 10.9. The molecule has 1 aromatic rings. The summed E-state index contributed by atoms with van der Waals surface area (Å²) in [6.45, 7) is 2.25. The Labute approximate surface area is 119 Å². The second-order valence-corrected chi connectivity index (χ2v) is 4.81. The van der Waals surface area contributed by atoms with E-state index in [4.69, 9.17) is 32.7 Å². The summed E-state index contributed by atoms with van der Waals surface area (Å²) in [6.07, 6.45) is -0.136. The van der Waals surface area contributed by atoms with Gasteiger partial charge >= 0.3 is 5.69 Å². The van der Waals surface area contributed by atoms with Gasteiger partial charge in [0.25, 0.3) is 0 Å². The molecule has 2 rings (SSSR count). The average Bonchev–Trinajstić information content (AvgIpc) is 2.40. The molecule has 1 unspecified atom stereocenters. The Balaban J connectivity index is 2.09. The van der Waals surface area contributed by atoms with Gasteiger partial charge in [0, 0.05) is 25.2 Å². The molecule has 0 aromatic heterocycles. The van der Waals surface area contributed by atoms with Crippen molar-refractivity contribution >= 4 is 28.9 Å². The van der Waals surface area contributed by atoms with Crippen LogP contribution in [0.4, 0.5) is 5.69 Å². The van der Waals surface area contributed by atoms with Crippen LogP contribution in [0.5, 0.6) is 5.75 Å². The van der Waals surface area contributed by atoms with E-state index in [2.05, 4.69) is 5.32 Å². The summed E-state index contributed by atoms with van der Waals surface area (Å²) < 4.78 is 10.9. The van der Waals surface area contributed by atoms with E-state index in [0.717, 1.165) is 6.54 Å². The third-order valence-corrected chi connectivity index (χ3v) is 3.35. The number of rotatable bonds is 4. The molecular weight excluding hydrogens is 295 g/mol. The Morgan fingerprint density at radius 2 is 2.21 bits per heavy atom. The smallest absolute Gasteiger partial charge is 0.312 e. The van der Waals surface area contributed by atoms with Crippen LogP contribution in [-0.2, 0) is 4.74 Å². The van der Waals surface area contributed by atoms with Gasteiger partial charge in [0.1, 0.15) is 12.7 Å². The standard InChI is InChI=1S/C11H12Cl2N2O4/c12-8-3-10(15(16)17)11(4-9(8)13)19-6-7-5-14-1-2-18-7/h3-4,7,14H,1-2,5-6H2. The molecule has 0 saturated carbocycles. The quantitative estimate of drug-likeness (QED) is 0.682. The highest BCUT2D eigenvalue weighted by Gasteiger charge is 2.21. The molecule has 1 aliphatic rings. The summed E-state index contributed by atoms with van der Waals surface area (Å²) in [6, 6.07) is 2.53. The van der Waals surface area contributed by atoms with E-state index in [1.807, 2.05) is 0 Å². The first-order chi connectivity index (χ1) is 9.08. The molecule has 1 aliphatic heterocycles. The van der Waals surface area contributed by atoms with E-state index in [9.17, 15) is 10.1 Å². The molecule has 0 spiro atoms. The number of ether oxygens (including phenoxy) is 2. The minimum absolute atomic E-state index is 0.0913. The van der Waals surface area contributed by atoms with Gasteiger partial charge in [-0.25, -0.2) is 0 Å². The van der Waals surface area contributed by atoms with Crippen molar-refractivity contribution < 1.29 is 14.4 Å². The van der Waals surface area contributed by atoms with Crippen molar-refractivity contribution in [1.29, 1.82) is 0 Å². The second-order valence-electron chi connectivity index (χ2n) is 4.00. The zero-order valence-electron chi connectivity index (χ0n) is 9.90. The molecule has 8 heteroatoms. The number of nitro benzene ring substituents is 1. The molecular formula is C11H12Cl2N2O4. The maximum Gasteiger partial charge on any atom is 0.312 e. The van der Waals surface area contributed by atoms with E-state index in [0.29, 0.717) is 13.2 Å². The van der Waals surface area contributed by atoms with Crippen molar-refractivity contribution in [3.8, 4) is 5.75 Å². The fourth-order valence-electron chi connectivity index (χ4n) is 1.69. The maximum absolute atomic E-state index is 10.9. The average molecular weight is 307 g/mol. The SMILES string of the molecule is O=[N+]([O-])c1cc(Cl)c(Cl)cc1OCC1CNCCO1. The van der Waals surface area contributed by atoms with Crippen molar-refractivity contribution in [2.24, 2.45) is 0 Å². The predicted octanol–water partition coefficient (Wildman–Crippen LogP) is 2.27. The molecule has 1 saturated heterocycles. The van der Waals surface area contributed by atoms with Gasteiger partial charge in [0.15, 0.2) is 5.75 Å². The van der Waals surface area contributed by atoms with Crippen LogP contribution in [0.1, 0.15) is 0 Å². The van der Waals surface area contributed by atoms with E-state index in [1.54, 1.807) is 0 Å². The molecule has 1 atom stereocenters. The Morgan fingerprint density at radius 3 is 2.84 bits per heavy atom. The Morgan fingerprint density at radius 1 is 1.47 bits per heavy atom. The molecule has 1 heterocycles. The number of hydrogen-bond acceptors (Lipinski definition) is 5. The molecule has 1 N–H and O–H groups in total. The lowest BCUT2D eigenvalue weighted by Gasteiger charge is -2.23. The fraction of sp³-hybridized carbons (Fsp3) is 0.455. The fourth-order valence-corrected chi connectivity index (χ4v) is 2.00. The van der Waals surface area contributed by atoms with Crippen LogP contribution in [0, 0.1) is 10.1 Å². The first-order valence-corrected chi connectivity index (χ1v) is 6.42. The van der Waals surface area contributed by atoms with Crippen LogP contribution in [0.15, 0.2) is 12.1 Å². The molecule has 1 aromatic carbocycles. The normalized spacial score (nSPS) is 19.2. The number of hydrogen-bond donors (Lipinski definition) is 1. The van der Waals surface area contributed by atoms with Gasteiger partial charge < -0.3 is 14.8 Å². The monoisotopic (exact) mass is 306 g/mol. The lowest BCUT2D eigenvalue weighted by Crippen LogP contribution is -2.41. The van der Waals surface area contributed by atoms with Crippen LogP contribution in [0.3, 0.4) is 0 Å². The predicted molar refractivity (Wildman–Crippen MR) is 71.2 cm³/mol. The number of nitro groups is 1. The van der Waals surface area contributed by atoms with Crippen LogP contribution < -0.4 is 10.1 Å². The van der Waals surface area contributed by atoms with E-state index in [1.165, 1.54) is 12.1 Å². The van der Waals surface area contributed by atoms with Gasteiger partial charge in [-0.3, -0.25) is 10.1 Å². The molecule has 0 radical (unpaired) electrons. The lowest BCUT2D eigenvalue weighted by molar-refractivity contribution is -0.385. The Bertz CT molecular complexity index is 478. The zero-order chi connectivity index (χ0) is 13.8. The molecule has 6 nitrogen and oxygen atoms in total. The summed E-state index contributed by atoms with van der Waals surface area (Å²) in [4.78, 5) is 10.4. The van der Waals surface area contributed by atoms with E-state index in [-0.39, 0.29) is 34.2 Å². The summed E-state index contributed by atoms with van der Waals surface area (Å²) in [7, 11) is 0. The summed E-state index contributed by atoms with van der Waals surface area (Å²) in [5.74, 6) is 0.0913. The lowest BCUT2D eigenvalue weighted by atomic mass is 10.3. The summed E-state index contributed by atoms with van der Waals surface area (Å²) in [5, 5.41) is 14.4. The van der Waals surface area contributed by atoms with E-state index < -0.39 is 4.92 Å². The topological polar surface area (TPSA) is 73.6 Å². The van der Waals surface area contributed by atoms with Crippen molar-refractivity contribution in [2.45, 2.75) is 6.10 Å². The van der Waals surface area contributed by atoms with Gasteiger partial charge in [-0.1, -0.05) is 23.2 Å². The highest BCUT2D eigenvalue weighted by Crippen LogP contribution is 2.35. The molecule has 104 valence electrons. The minimum Gasteiger partial charge on any atom is -0.484 e. The van der Waals surface area contributed by atoms with Gasteiger partial charge in [-0.15, -0.1) is 0 Å². The molecule has 19 heavy (non-hydrogen) atoms. The highest BCUT2D eigenvalue weighted by molar-refractivity contribution is 6.42. The van der Waals surface area contributed by atoms with Crippen molar-refractivity contribution in [1.82, 2.24) is 5.32 Å². The van der Waals surface area contributed by atoms with Gasteiger partial charge in [-0.2, -0.15) is 0 Å². The van der Waals surface area contributed by atoms with Crippen LogP contribution in [-0.4, -0.2) is 37.3 Å². The minimum atomic E-state index is -0.558. The third-order valence-electron chi connectivity index (χ3n) is 2.63. The largest absolute Gasteiger partial charge is 0.484 e. The summed E-state index contributed by atoms with van der Waals surface area (Å²) in [5.41, 5.74) is -0.210. The third kappa shape index (κ3) is 3.70. The summed E-state index contributed by atoms with van der Waals surface area (Å²) >= 11 is 11.6. The van der Waals surface area contributed by atoms with Gasteiger partial charge in [0.2, 0.25) is 0 Å². The molecule has 0 aliphatic carbocycles. The molecule has 0 amide bonds. The van der Waals surface area contributed by atoms with Crippen LogP contribution in [0.2, 0.25) is 10.0 Å². The van der Waals surface area contributed by atoms with Crippen molar-refractivity contribution in [2.75, 3.05) is 26.3 Å². The van der Waals surface area contributed by atoms with Gasteiger partial charge in [-0.05, 0) is 0 Å². The molecule has 1 fully saturated rings. The number of nitrogens with one attached hydrogen (secondary N) is 1. The number of nitrogens with zero attached hydrogens (tertiary/aromatic N) is 1. The van der Waals surface area contributed by atoms with Crippen molar-refractivity contribution in [3.05, 3.63) is 32.3 Å². The second kappa shape index (κ2) is 6.38. The molecule has 0 bridgehead atoms. The number of halogens is 2. The Kier molecular flexibility index (Phi) is 4.81. The van der Waals surface area contributed by atoms with Crippen LogP contribution >= 0.6 is 23.2 Å². The Hall–Kier alpha value is -1.08. The highest BCUT2D eigenvalue weighted by atomic mass is 35.5. The number of morpholine rings is 1. The van der Waals surface area contributed by atoms with Crippen LogP contribution in [0.25, 0.3) is 0 Å². The van der Waals surface area contributed by atoms with Gasteiger partial charge in [0.05, 0.1) is 21.6 Å².